The second-order valence-electron chi connectivity index (χ2n) is 6.38. The Morgan fingerprint density at radius 2 is 1.90 bits per heavy atom. The van der Waals surface area contributed by atoms with Crippen LogP contribution in [0, 0.1) is 12.8 Å². The van der Waals surface area contributed by atoms with Gasteiger partial charge < -0.3 is 10.2 Å². The molecule has 0 spiro atoms. The van der Waals surface area contributed by atoms with Gasteiger partial charge in [0.05, 0.1) is 0 Å². The monoisotopic (exact) mass is 276 g/mol. The number of nitrogens with zero attached hydrogens (tertiary/aromatic N) is 1. The van der Waals surface area contributed by atoms with E-state index in [-0.39, 0.29) is 0 Å². The second-order valence-corrected chi connectivity index (χ2v) is 6.38. The minimum absolute atomic E-state index is 0.601. The molecule has 0 bridgehead atoms. The van der Waals surface area contributed by atoms with Gasteiger partial charge in [-0.3, -0.25) is 0 Å². The maximum absolute atomic E-state index is 3.52. The number of rotatable bonds is 8. The molecule has 1 N–H and O–H groups in total. The zero-order chi connectivity index (χ0) is 15.1. The molecule has 0 amide bonds. The fourth-order valence-electron chi connectivity index (χ4n) is 2.46. The molecule has 1 atom stereocenters. The first kappa shape index (κ1) is 17.0. The average Bonchev–Trinajstić information content (AvgIpc) is 2.39. The molecule has 0 heterocycles. The van der Waals surface area contributed by atoms with E-state index < -0.39 is 0 Å². The summed E-state index contributed by atoms with van der Waals surface area (Å²) in [5.41, 5.74) is 4.12. The molecule has 0 aliphatic rings. The molecule has 2 heteroatoms. The number of hydrogen-bond acceptors (Lipinski definition) is 2. The summed E-state index contributed by atoms with van der Waals surface area (Å²) in [6, 6.07) is 7.45. The normalized spacial score (nSPS) is 12.8. The summed E-state index contributed by atoms with van der Waals surface area (Å²) in [6.45, 7) is 13.3. The number of anilines is 1. The Morgan fingerprint density at radius 3 is 2.45 bits per heavy atom. The quantitative estimate of drug-likeness (QED) is 0.758. The molecule has 1 aromatic carbocycles. The number of aryl methyl sites for hydroxylation is 1. The highest BCUT2D eigenvalue weighted by atomic mass is 15.1. The van der Waals surface area contributed by atoms with E-state index in [0.717, 1.165) is 13.1 Å². The van der Waals surface area contributed by atoms with E-state index in [0.29, 0.717) is 12.0 Å². The van der Waals surface area contributed by atoms with Crippen molar-refractivity contribution in [3.05, 3.63) is 29.3 Å². The third kappa shape index (κ3) is 5.16. The van der Waals surface area contributed by atoms with Crippen LogP contribution in [0.1, 0.15) is 51.7 Å². The molecular weight excluding hydrogens is 244 g/mol. The molecule has 114 valence electrons. The maximum Gasteiger partial charge on any atom is 0.0368 e. The smallest absolute Gasteiger partial charge is 0.0368 e. The van der Waals surface area contributed by atoms with Gasteiger partial charge >= 0.3 is 0 Å². The lowest BCUT2D eigenvalue weighted by Gasteiger charge is -2.27. The molecule has 0 aromatic heterocycles. The standard InChI is InChI=1S/C18H32N2/c1-7-8-16(5)20(6)18-10-9-17(15(4)11-18)13-19-12-14(2)3/h9-11,14,16,19H,7-8,12-13H2,1-6H3. The Balaban J connectivity index is 2.67. The van der Waals surface area contributed by atoms with Crippen LogP contribution in [0.15, 0.2) is 18.2 Å². The predicted molar refractivity (Wildman–Crippen MR) is 90.5 cm³/mol. The summed E-state index contributed by atoms with van der Waals surface area (Å²) < 4.78 is 0. The van der Waals surface area contributed by atoms with E-state index in [2.05, 4.69) is 70.1 Å². The fourth-order valence-corrected chi connectivity index (χ4v) is 2.46. The second kappa shape index (κ2) is 8.31. The average molecular weight is 276 g/mol. The lowest BCUT2D eigenvalue weighted by atomic mass is 10.1. The number of hydrogen-bond donors (Lipinski definition) is 1. The largest absolute Gasteiger partial charge is 0.372 e. The van der Waals surface area contributed by atoms with E-state index >= 15 is 0 Å². The molecule has 1 rings (SSSR count). The zero-order valence-electron chi connectivity index (χ0n) is 14.2. The molecule has 0 saturated carbocycles. The number of benzene rings is 1. The topological polar surface area (TPSA) is 15.3 Å². The van der Waals surface area contributed by atoms with Gasteiger partial charge in [-0.05, 0) is 56.0 Å². The SMILES string of the molecule is CCCC(C)N(C)c1ccc(CNCC(C)C)c(C)c1. The minimum atomic E-state index is 0.601. The van der Waals surface area contributed by atoms with Gasteiger partial charge in [0.25, 0.3) is 0 Å². The van der Waals surface area contributed by atoms with Crippen LogP contribution in [0.25, 0.3) is 0 Å². The van der Waals surface area contributed by atoms with Crippen LogP contribution in [-0.4, -0.2) is 19.6 Å². The van der Waals surface area contributed by atoms with E-state index in [4.69, 9.17) is 0 Å². The van der Waals surface area contributed by atoms with Crippen LogP contribution in [0.4, 0.5) is 5.69 Å². The first-order valence-electron chi connectivity index (χ1n) is 7.98. The van der Waals surface area contributed by atoms with Gasteiger partial charge in [0.15, 0.2) is 0 Å². The minimum Gasteiger partial charge on any atom is -0.372 e. The van der Waals surface area contributed by atoms with Gasteiger partial charge in [-0.2, -0.15) is 0 Å². The van der Waals surface area contributed by atoms with Crippen molar-refractivity contribution in [3.8, 4) is 0 Å². The summed E-state index contributed by atoms with van der Waals surface area (Å²) in [4.78, 5) is 2.39. The van der Waals surface area contributed by atoms with Gasteiger partial charge in [-0.15, -0.1) is 0 Å². The number of nitrogens with one attached hydrogen (secondary N) is 1. The molecule has 1 unspecified atom stereocenters. The summed E-state index contributed by atoms with van der Waals surface area (Å²) >= 11 is 0. The van der Waals surface area contributed by atoms with E-state index in [1.165, 1.54) is 29.7 Å². The first-order valence-corrected chi connectivity index (χ1v) is 7.98. The van der Waals surface area contributed by atoms with Crippen LogP contribution in [0.5, 0.6) is 0 Å². The van der Waals surface area contributed by atoms with E-state index in [9.17, 15) is 0 Å². The lowest BCUT2D eigenvalue weighted by Crippen LogP contribution is -2.28. The first-order chi connectivity index (χ1) is 9.45. The highest BCUT2D eigenvalue weighted by molar-refractivity contribution is 5.50. The van der Waals surface area contributed by atoms with Crippen LogP contribution >= 0.6 is 0 Å². The van der Waals surface area contributed by atoms with Crippen molar-refractivity contribution < 1.29 is 0 Å². The Hall–Kier alpha value is -1.02. The fraction of sp³-hybridized carbons (Fsp3) is 0.667. The van der Waals surface area contributed by atoms with Gasteiger partial charge in [-0.1, -0.05) is 33.3 Å². The molecule has 0 radical (unpaired) electrons. The van der Waals surface area contributed by atoms with E-state index in [1.807, 2.05) is 0 Å². The van der Waals surface area contributed by atoms with Crippen LogP contribution in [0.2, 0.25) is 0 Å². The molecule has 0 fully saturated rings. The van der Waals surface area contributed by atoms with Gasteiger partial charge in [0, 0.05) is 25.3 Å². The summed E-state index contributed by atoms with van der Waals surface area (Å²) in [5.74, 6) is 0.704. The highest BCUT2D eigenvalue weighted by Gasteiger charge is 2.10. The summed E-state index contributed by atoms with van der Waals surface area (Å²) in [5, 5.41) is 3.52. The van der Waals surface area contributed by atoms with Crippen molar-refractivity contribution in [2.24, 2.45) is 5.92 Å². The van der Waals surface area contributed by atoms with Crippen LogP contribution in [-0.2, 0) is 6.54 Å². The third-order valence-electron chi connectivity index (χ3n) is 3.97. The Morgan fingerprint density at radius 1 is 1.20 bits per heavy atom. The van der Waals surface area contributed by atoms with E-state index in [1.54, 1.807) is 0 Å². The molecule has 0 saturated heterocycles. The molecule has 0 aliphatic carbocycles. The van der Waals surface area contributed by atoms with Crippen molar-refractivity contribution in [2.75, 3.05) is 18.5 Å². The predicted octanol–water partition coefficient (Wildman–Crippen LogP) is 4.37. The van der Waals surface area contributed by atoms with Crippen molar-refractivity contribution in [3.63, 3.8) is 0 Å². The Labute approximate surface area is 125 Å². The van der Waals surface area contributed by atoms with Gasteiger partial charge in [0.1, 0.15) is 0 Å². The summed E-state index contributed by atoms with van der Waals surface area (Å²) in [6.07, 6.45) is 2.48. The van der Waals surface area contributed by atoms with Crippen molar-refractivity contribution >= 4 is 5.69 Å². The maximum atomic E-state index is 3.52. The van der Waals surface area contributed by atoms with Crippen LogP contribution < -0.4 is 10.2 Å². The molecule has 20 heavy (non-hydrogen) atoms. The zero-order valence-corrected chi connectivity index (χ0v) is 14.2. The third-order valence-corrected chi connectivity index (χ3v) is 3.97. The lowest BCUT2D eigenvalue weighted by molar-refractivity contribution is 0.551. The van der Waals surface area contributed by atoms with Crippen molar-refractivity contribution in [2.45, 2.75) is 60.0 Å². The van der Waals surface area contributed by atoms with Crippen molar-refractivity contribution in [1.29, 1.82) is 0 Å². The van der Waals surface area contributed by atoms with Gasteiger partial charge in [0.2, 0.25) is 0 Å². The van der Waals surface area contributed by atoms with Crippen molar-refractivity contribution in [1.82, 2.24) is 5.32 Å². The molecule has 1 aromatic rings. The van der Waals surface area contributed by atoms with Gasteiger partial charge in [-0.25, -0.2) is 0 Å². The summed E-state index contributed by atoms with van der Waals surface area (Å²) in [7, 11) is 2.20. The molecule has 0 aliphatic heterocycles. The Bertz CT molecular complexity index is 398. The highest BCUT2D eigenvalue weighted by Crippen LogP contribution is 2.21. The Kier molecular flexibility index (Phi) is 7.08. The van der Waals surface area contributed by atoms with Crippen LogP contribution in [0.3, 0.4) is 0 Å². The molecule has 2 nitrogen and oxygen atoms in total. The molecular formula is C18H32N2.